The fourth-order valence-electron chi connectivity index (χ4n) is 1.16. The normalized spacial score (nSPS) is 10.1. The SMILES string of the molecule is N#Cc1c(C(F)F)cnc(CN)c1C=O. The van der Waals surface area contributed by atoms with Gasteiger partial charge in [0.15, 0.2) is 6.29 Å². The first-order valence-electron chi connectivity index (χ1n) is 4.01. The van der Waals surface area contributed by atoms with Crippen molar-refractivity contribution in [3.05, 3.63) is 28.6 Å². The van der Waals surface area contributed by atoms with Crippen LogP contribution in [0.4, 0.5) is 8.78 Å². The Labute approximate surface area is 84.3 Å². The first kappa shape index (κ1) is 11.2. The highest BCUT2D eigenvalue weighted by Crippen LogP contribution is 2.24. The first-order chi connectivity index (χ1) is 7.15. The van der Waals surface area contributed by atoms with Crippen LogP contribution in [0.25, 0.3) is 0 Å². The molecule has 2 N–H and O–H groups in total. The van der Waals surface area contributed by atoms with Crippen LogP contribution in [0.2, 0.25) is 0 Å². The van der Waals surface area contributed by atoms with E-state index in [1.54, 1.807) is 6.07 Å². The molecular weight excluding hydrogens is 204 g/mol. The lowest BCUT2D eigenvalue weighted by molar-refractivity contribution is 0.112. The van der Waals surface area contributed by atoms with Crippen LogP contribution in [0.1, 0.15) is 33.6 Å². The highest BCUT2D eigenvalue weighted by Gasteiger charge is 2.19. The van der Waals surface area contributed by atoms with Crippen LogP contribution in [-0.2, 0) is 6.54 Å². The highest BCUT2D eigenvalue weighted by atomic mass is 19.3. The maximum absolute atomic E-state index is 12.4. The summed E-state index contributed by atoms with van der Waals surface area (Å²) in [4.78, 5) is 14.3. The zero-order chi connectivity index (χ0) is 11.4. The molecule has 6 heteroatoms. The van der Waals surface area contributed by atoms with E-state index in [9.17, 15) is 13.6 Å². The summed E-state index contributed by atoms with van der Waals surface area (Å²) in [5, 5.41) is 8.69. The number of nitrogens with zero attached hydrogens (tertiary/aromatic N) is 2. The van der Waals surface area contributed by atoms with Gasteiger partial charge in [0.1, 0.15) is 6.07 Å². The minimum absolute atomic E-state index is 0.0771. The molecule has 0 aliphatic rings. The average molecular weight is 211 g/mol. The Hall–Kier alpha value is -1.87. The van der Waals surface area contributed by atoms with Gasteiger partial charge < -0.3 is 5.73 Å². The van der Waals surface area contributed by atoms with E-state index in [-0.39, 0.29) is 23.4 Å². The van der Waals surface area contributed by atoms with Gasteiger partial charge in [0.2, 0.25) is 0 Å². The molecule has 0 aliphatic carbocycles. The zero-order valence-electron chi connectivity index (χ0n) is 7.58. The minimum Gasteiger partial charge on any atom is -0.325 e. The number of rotatable bonds is 3. The van der Waals surface area contributed by atoms with Crippen LogP contribution in [0.5, 0.6) is 0 Å². The molecule has 0 amide bonds. The second-order valence-corrected chi connectivity index (χ2v) is 2.68. The van der Waals surface area contributed by atoms with Gasteiger partial charge in [0.05, 0.1) is 22.4 Å². The number of aromatic nitrogens is 1. The predicted molar refractivity (Wildman–Crippen MR) is 47.2 cm³/mol. The van der Waals surface area contributed by atoms with Crippen LogP contribution >= 0.6 is 0 Å². The summed E-state index contributed by atoms with van der Waals surface area (Å²) in [6, 6.07) is 1.56. The molecule has 0 saturated heterocycles. The van der Waals surface area contributed by atoms with E-state index in [2.05, 4.69) is 4.98 Å². The Balaban J connectivity index is 3.50. The van der Waals surface area contributed by atoms with Crippen molar-refractivity contribution in [3.63, 3.8) is 0 Å². The Morgan fingerprint density at radius 2 is 2.33 bits per heavy atom. The first-order valence-corrected chi connectivity index (χ1v) is 4.01. The van der Waals surface area contributed by atoms with Crippen LogP contribution in [-0.4, -0.2) is 11.3 Å². The van der Waals surface area contributed by atoms with E-state index < -0.39 is 12.0 Å². The van der Waals surface area contributed by atoms with E-state index in [1.165, 1.54) is 0 Å². The fraction of sp³-hybridized carbons (Fsp3) is 0.222. The summed E-state index contributed by atoms with van der Waals surface area (Å²) in [6.07, 6.45) is -1.64. The van der Waals surface area contributed by atoms with E-state index >= 15 is 0 Å². The van der Waals surface area contributed by atoms with Gasteiger partial charge in [0, 0.05) is 12.7 Å². The third-order valence-corrected chi connectivity index (χ3v) is 1.89. The molecule has 0 bridgehead atoms. The van der Waals surface area contributed by atoms with Gasteiger partial charge >= 0.3 is 0 Å². The monoisotopic (exact) mass is 211 g/mol. The minimum atomic E-state index is -2.84. The van der Waals surface area contributed by atoms with Gasteiger partial charge in [-0.05, 0) is 0 Å². The van der Waals surface area contributed by atoms with Gasteiger partial charge in [-0.25, -0.2) is 8.78 Å². The van der Waals surface area contributed by atoms with Crippen LogP contribution < -0.4 is 5.73 Å². The van der Waals surface area contributed by atoms with Crippen LogP contribution in [0.15, 0.2) is 6.20 Å². The van der Waals surface area contributed by atoms with Crippen molar-refractivity contribution >= 4 is 6.29 Å². The molecule has 1 aromatic rings. The van der Waals surface area contributed by atoms with Crippen LogP contribution in [0, 0.1) is 11.3 Å². The smallest absolute Gasteiger partial charge is 0.266 e. The van der Waals surface area contributed by atoms with Gasteiger partial charge in [-0.3, -0.25) is 9.78 Å². The number of carbonyl (C=O) groups excluding carboxylic acids is 1. The maximum atomic E-state index is 12.4. The fourth-order valence-corrected chi connectivity index (χ4v) is 1.16. The topological polar surface area (TPSA) is 79.8 Å². The van der Waals surface area contributed by atoms with E-state index in [1.807, 2.05) is 0 Å². The molecule has 0 spiro atoms. The Bertz CT molecular complexity index is 426. The van der Waals surface area contributed by atoms with E-state index in [4.69, 9.17) is 11.0 Å². The third-order valence-electron chi connectivity index (χ3n) is 1.89. The molecule has 0 aliphatic heterocycles. The lowest BCUT2D eigenvalue weighted by atomic mass is 10.0. The number of halogens is 2. The summed E-state index contributed by atoms with van der Waals surface area (Å²) < 4.78 is 24.9. The molecule has 78 valence electrons. The number of hydrogen-bond donors (Lipinski definition) is 1. The molecule has 0 atom stereocenters. The summed E-state index contributed by atoms with van der Waals surface area (Å²) in [6.45, 7) is -0.0771. The molecule has 0 unspecified atom stereocenters. The lowest BCUT2D eigenvalue weighted by Gasteiger charge is -2.07. The standard InChI is InChI=1S/C9H7F2N3O/c10-9(11)6-3-14-8(2-13)7(4-15)5(6)1-12/h3-4,9H,2,13H2. The highest BCUT2D eigenvalue weighted by molar-refractivity contribution is 5.81. The molecule has 0 saturated carbocycles. The molecule has 1 rings (SSSR count). The quantitative estimate of drug-likeness (QED) is 0.761. The Kier molecular flexibility index (Phi) is 3.42. The van der Waals surface area contributed by atoms with Crippen molar-refractivity contribution in [2.24, 2.45) is 5.73 Å². The van der Waals surface area contributed by atoms with Crippen molar-refractivity contribution in [1.29, 1.82) is 5.26 Å². The van der Waals surface area contributed by atoms with Gasteiger partial charge in [0.25, 0.3) is 6.43 Å². The molecule has 1 heterocycles. The lowest BCUT2D eigenvalue weighted by Crippen LogP contribution is -2.08. The third kappa shape index (κ3) is 1.97. The van der Waals surface area contributed by atoms with Gasteiger partial charge in [-0.15, -0.1) is 0 Å². The zero-order valence-corrected chi connectivity index (χ0v) is 7.58. The Morgan fingerprint density at radius 3 is 2.73 bits per heavy atom. The summed E-state index contributed by atoms with van der Waals surface area (Å²) >= 11 is 0. The van der Waals surface area contributed by atoms with Crippen molar-refractivity contribution in [2.75, 3.05) is 0 Å². The number of aldehydes is 1. The number of hydrogen-bond acceptors (Lipinski definition) is 4. The number of carbonyl (C=O) groups is 1. The van der Waals surface area contributed by atoms with Gasteiger partial charge in [-0.2, -0.15) is 5.26 Å². The molecular formula is C9H7F2N3O. The molecule has 0 radical (unpaired) electrons. The summed E-state index contributed by atoms with van der Waals surface area (Å²) in [7, 11) is 0. The van der Waals surface area contributed by atoms with E-state index in [0.717, 1.165) is 6.20 Å². The number of nitrogens with two attached hydrogens (primary N) is 1. The van der Waals surface area contributed by atoms with Crippen molar-refractivity contribution in [2.45, 2.75) is 13.0 Å². The largest absolute Gasteiger partial charge is 0.325 e. The molecule has 0 aromatic carbocycles. The predicted octanol–water partition coefficient (Wildman–Crippen LogP) is 1.16. The van der Waals surface area contributed by atoms with Crippen molar-refractivity contribution in [1.82, 2.24) is 4.98 Å². The second-order valence-electron chi connectivity index (χ2n) is 2.68. The Morgan fingerprint density at radius 1 is 1.67 bits per heavy atom. The number of pyridine rings is 1. The van der Waals surface area contributed by atoms with Gasteiger partial charge in [-0.1, -0.05) is 0 Å². The molecule has 0 fully saturated rings. The number of nitriles is 1. The summed E-state index contributed by atoms with van der Waals surface area (Å²) in [5.74, 6) is 0. The molecule has 15 heavy (non-hydrogen) atoms. The van der Waals surface area contributed by atoms with E-state index in [0.29, 0.717) is 6.29 Å². The average Bonchev–Trinajstić information content (AvgIpc) is 2.26. The molecule has 1 aromatic heterocycles. The van der Waals surface area contributed by atoms with Crippen LogP contribution in [0.3, 0.4) is 0 Å². The second kappa shape index (κ2) is 4.57. The maximum Gasteiger partial charge on any atom is 0.266 e. The number of alkyl halides is 2. The summed E-state index contributed by atoms with van der Waals surface area (Å²) in [5.41, 5.74) is 4.35. The van der Waals surface area contributed by atoms with Crippen molar-refractivity contribution in [3.8, 4) is 6.07 Å². The van der Waals surface area contributed by atoms with Crippen molar-refractivity contribution < 1.29 is 13.6 Å². The molecule has 4 nitrogen and oxygen atoms in total.